The molecule has 134 valence electrons. The van der Waals surface area contributed by atoms with Gasteiger partial charge in [0.2, 0.25) is 0 Å². The Morgan fingerprint density at radius 2 is 1.54 bits per heavy atom. The Balaban J connectivity index is 1.82. The van der Waals surface area contributed by atoms with Gasteiger partial charge in [-0.05, 0) is 77.9 Å². The second-order valence-electron chi connectivity index (χ2n) is 6.51. The lowest BCUT2D eigenvalue weighted by Gasteiger charge is -2.12. The van der Waals surface area contributed by atoms with E-state index in [4.69, 9.17) is 9.47 Å². The van der Waals surface area contributed by atoms with Crippen LogP contribution in [-0.4, -0.2) is 19.0 Å². The quantitative estimate of drug-likeness (QED) is 0.618. The summed E-state index contributed by atoms with van der Waals surface area (Å²) in [7, 11) is 1.61. The molecule has 3 nitrogen and oxygen atoms in total. The second-order valence-corrected chi connectivity index (χ2v) is 6.51. The molecular weight excluding hydrogens is 324 g/mol. The van der Waals surface area contributed by atoms with Crippen molar-refractivity contribution in [2.75, 3.05) is 13.9 Å². The molecule has 0 saturated carbocycles. The van der Waals surface area contributed by atoms with Crippen molar-refractivity contribution in [1.29, 1.82) is 0 Å². The number of rotatable bonds is 6. The summed E-state index contributed by atoms with van der Waals surface area (Å²) in [5.41, 5.74) is 7.08. The number of benzene rings is 3. The summed E-state index contributed by atoms with van der Waals surface area (Å²) in [4.78, 5) is 0. The third-order valence-corrected chi connectivity index (χ3v) is 4.52. The van der Waals surface area contributed by atoms with Crippen LogP contribution in [0.15, 0.2) is 60.7 Å². The molecule has 0 fully saturated rings. The zero-order valence-electron chi connectivity index (χ0n) is 15.5. The largest absolute Gasteiger partial charge is 0.508 e. The Hall–Kier alpha value is -2.78. The highest BCUT2D eigenvalue weighted by molar-refractivity contribution is 5.65. The molecule has 0 saturated heterocycles. The van der Waals surface area contributed by atoms with Gasteiger partial charge in [-0.1, -0.05) is 36.4 Å². The molecule has 0 spiro atoms. The lowest BCUT2D eigenvalue weighted by molar-refractivity contribution is 0.0511. The number of phenols is 1. The molecule has 0 aliphatic rings. The molecule has 0 atom stereocenters. The molecule has 0 bridgehead atoms. The van der Waals surface area contributed by atoms with Gasteiger partial charge in [0.25, 0.3) is 0 Å². The third-order valence-electron chi connectivity index (χ3n) is 4.52. The fourth-order valence-corrected chi connectivity index (χ4v) is 3.18. The van der Waals surface area contributed by atoms with Gasteiger partial charge in [0.1, 0.15) is 11.5 Å². The van der Waals surface area contributed by atoms with Gasteiger partial charge in [0.15, 0.2) is 6.79 Å². The fourth-order valence-electron chi connectivity index (χ4n) is 3.18. The number of ether oxygens (including phenoxy) is 2. The molecule has 3 aromatic carbocycles. The van der Waals surface area contributed by atoms with Crippen molar-refractivity contribution in [3.63, 3.8) is 0 Å². The van der Waals surface area contributed by atoms with Gasteiger partial charge in [0.05, 0.1) is 0 Å². The molecule has 0 unspecified atom stereocenters. The molecule has 26 heavy (non-hydrogen) atoms. The van der Waals surface area contributed by atoms with Crippen molar-refractivity contribution in [2.24, 2.45) is 0 Å². The highest BCUT2D eigenvalue weighted by Gasteiger charge is 2.07. The first-order valence-electron chi connectivity index (χ1n) is 8.67. The minimum absolute atomic E-state index is 0.250. The molecule has 3 heteroatoms. The van der Waals surface area contributed by atoms with E-state index in [0.717, 1.165) is 28.9 Å². The monoisotopic (exact) mass is 348 g/mol. The van der Waals surface area contributed by atoms with Gasteiger partial charge in [-0.25, -0.2) is 0 Å². The van der Waals surface area contributed by atoms with E-state index in [1.165, 1.54) is 16.7 Å². The van der Waals surface area contributed by atoms with Crippen LogP contribution in [0.2, 0.25) is 0 Å². The van der Waals surface area contributed by atoms with Gasteiger partial charge >= 0.3 is 0 Å². The summed E-state index contributed by atoms with van der Waals surface area (Å²) in [6.45, 7) is 4.34. The molecule has 1 N–H and O–H groups in total. The highest BCUT2D eigenvalue weighted by atomic mass is 16.7. The van der Waals surface area contributed by atoms with Gasteiger partial charge < -0.3 is 14.6 Å². The molecule has 0 aromatic heterocycles. The van der Waals surface area contributed by atoms with E-state index in [1.54, 1.807) is 7.11 Å². The highest BCUT2D eigenvalue weighted by Crippen LogP contribution is 2.27. The number of aromatic hydroxyl groups is 1. The summed E-state index contributed by atoms with van der Waals surface area (Å²) in [5.74, 6) is 1.12. The van der Waals surface area contributed by atoms with Crippen molar-refractivity contribution in [3.05, 3.63) is 82.9 Å². The summed E-state index contributed by atoms with van der Waals surface area (Å²) in [6.07, 6.45) is 0.848. The van der Waals surface area contributed by atoms with Crippen LogP contribution in [0.4, 0.5) is 0 Å². The number of hydrogen-bond donors (Lipinski definition) is 1. The van der Waals surface area contributed by atoms with Crippen LogP contribution >= 0.6 is 0 Å². The van der Waals surface area contributed by atoms with E-state index < -0.39 is 0 Å². The molecule has 0 aliphatic heterocycles. The first-order chi connectivity index (χ1) is 12.6. The lowest BCUT2D eigenvalue weighted by Crippen LogP contribution is -1.98. The van der Waals surface area contributed by atoms with Gasteiger partial charge in [-0.2, -0.15) is 0 Å². The first kappa shape index (κ1) is 18.0. The molecule has 0 aliphatic carbocycles. The van der Waals surface area contributed by atoms with E-state index in [1.807, 2.05) is 38.1 Å². The summed E-state index contributed by atoms with van der Waals surface area (Å²) in [5, 5.41) is 9.74. The standard InChI is InChI=1S/C23H24O3/c1-16-11-21(24)12-17(2)23(16)14-18-5-4-6-20(13-18)19-7-9-22(10-8-19)26-15-25-3/h4-13,24H,14-15H2,1-3H3. The van der Waals surface area contributed by atoms with Crippen LogP contribution in [0.3, 0.4) is 0 Å². The fraction of sp³-hybridized carbons (Fsp3) is 0.217. The first-order valence-corrected chi connectivity index (χ1v) is 8.67. The van der Waals surface area contributed by atoms with Crippen LogP contribution in [0.5, 0.6) is 11.5 Å². The molecular formula is C23H24O3. The number of phenolic OH excluding ortho intramolecular Hbond substituents is 1. The van der Waals surface area contributed by atoms with Crippen LogP contribution in [0, 0.1) is 13.8 Å². The van der Waals surface area contributed by atoms with Crippen LogP contribution in [-0.2, 0) is 11.2 Å². The van der Waals surface area contributed by atoms with E-state index in [9.17, 15) is 5.11 Å². The van der Waals surface area contributed by atoms with Gasteiger partial charge in [0, 0.05) is 7.11 Å². The molecule has 0 amide bonds. The number of hydrogen-bond acceptors (Lipinski definition) is 3. The van der Waals surface area contributed by atoms with Crippen molar-refractivity contribution < 1.29 is 14.6 Å². The molecule has 0 heterocycles. The van der Waals surface area contributed by atoms with Crippen molar-refractivity contribution in [2.45, 2.75) is 20.3 Å². The van der Waals surface area contributed by atoms with E-state index in [0.29, 0.717) is 5.75 Å². The predicted molar refractivity (Wildman–Crippen MR) is 105 cm³/mol. The Morgan fingerprint density at radius 3 is 2.19 bits per heavy atom. The molecule has 3 aromatic rings. The van der Waals surface area contributed by atoms with Crippen molar-refractivity contribution in [3.8, 4) is 22.6 Å². The summed E-state index contributed by atoms with van der Waals surface area (Å²) >= 11 is 0. The normalized spacial score (nSPS) is 10.7. The smallest absolute Gasteiger partial charge is 0.188 e. The van der Waals surface area contributed by atoms with Crippen LogP contribution < -0.4 is 4.74 Å². The maximum Gasteiger partial charge on any atom is 0.188 e. The maximum absolute atomic E-state index is 9.74. The second kappa shape index (κ2) is 8.07. The zero-order chi connectivity index (χ0) is 18.5. The van der Waals surface area contributed by atoms with Crippen LogP contribution in [0.25, 0.3) is 11.1 Å². The molecule has 0 radical (unpaired) electrons. The van der Waals surface area contributed by atoms with E-state index in [2.05, 4.69) is 36.4 Å². The minimum atomic E-state index is 0.250. The van der Waals surface area contributed by atoms with Crippen molar-refractivity contribution >= 4 is 0 Å². The lowest BCUT2D eigenvalue weighted by atomic mass is 9.94. The minimum Gasteiger partial charge on any atom is -0.508 e. The maximum atomic E-state index is 9.74. The average Bonchev–Trinajstić information content (AvgIpc) is 2.63. The topological polar surface area (TPSA) is 38.7 Å². The Morgan fingerprint density at radius 1 is 0.846 bits per heavy atom. The number of methoxy groups -OCH3 is 1. The Bertz CT molecular complexity index is 859. The Labute approximate surface area is 154 Å². The van der Waals surface area contributed by atoms with Gasteiger partial charge in [-0.15, -0.1) is 0 Å². The molecule has 3 rings (SSSR count). The number of aryl methyl sites for hydroxylation is 2. The van der Waals surface area contributed by atoms with Crippen LogP contribution in [0.1, 0.15) is 22.3 Å². The van der Waals surface area contributed by atoms with Gasteiger partial charge in [-0.3, -0.25) is 0 Å². The predicted octanol–water partition coefficient (Wildman–Crippen LogP) is 5.25. The van der Waals surface area contributed by atoms with E-state index in [-0.39, 0.29) is 6.79 Å². The zero-order valence-corrected chi connectivity index (χ0v) is 15.5. The third kappa shape index (κ3) is 4.24. The average molecular weight is 348 g/mol. The summed E-state index contributed by atoms with van der Waals surface area (Å²) in [6, 6.07) is 20.2. The summed E-state index contributed by atoms with van der Waals surface area (Å²) < 4.78 is 10.4. The Kier molecular flexibility index (Phi) is 5.59. The van der Waals surface area contributed by atoms with E-state index >= 15 is 0 Å². The SMILES string of the molecule is COCOc1ccc(-c2cccc(Cc3c(C)cc(O)cc3C)c2)cc1. The van der Waals surface area contributed by atoms with Crippen molar-refractivity contribution in [1.82, 2.24) is 0 Å².